The van der Waals surface area contributed by atoms with Crippen molar-refractivity contribution in [2.24, 2.45) is 4.99 Å². The minimum absolute atomic E-state index is 0.0168. The lowest BCUT2D eigenvalue weighted by atomic mass is 10.2. The highest BCUT2D eigenvalue weighted by Gasteiger charge is 2.24. The number of rotatable bonds is 5. The fourth-order valence-corrected chi connectivity index (χ4v) is 2.86. The van der Waals surface area contributed by atoms with E-state index in [1.807, 2.05) is 18.2 Å². The third-order valence-electron chi connectivity index (χ3n) is 4.00. The molecule has 2 N–H and O–H groups in total. The summed E-state index contributed by atoms with van der Waals surface area (Å²) < 4.78 is 0. The number of benzene rings is 1. The zero-order valence-electron chi connectivity index (χ0n) is 15.4. The highest BCUT2D eigenvalue weighted by molar-refractivity contribution is 6.30. The molecule has 0 spiro atoms. The molecule has 6 nitrogen and oxygen atoms in total. The quantitative estimate of drug-likeness (QED) is 0.618. The van der Waals surface area contributed by atoms with Gasteiger partial charge in [0.2, 0.25) is 5.91 Å². The second-order valence-corrected chi connectivity index (χ2v) is 7.24. The number of aliphatic imine (C=N–C) groups is 1. The first-order valence-electron chi connectivity index (χ1n) is 8.63. The lowest BCUT2D eigenvalue weighted by molar-refractivity contribution is -0.127. The molecule has 0 aromatic heterocycles. The van der Waals surface area contributed by atoms with Crippen LogP contribution in [-0.2, 0) is 4.79 Å². The van der Waals surface area contributed by atoms with E-state index >= 15 is 0 Å². The van der Waals surface area contributed by atoms with Crippen molar-refractivity contribution >= 4 is 29.2 Å². The number of amides is 1. The van der Waals surface area contributed by atoms with E-state index in [1.54, 1.807) is 19.0 Å². The Hall–Kier alpha value is -1.95. The molecule has 0 bridgehead atoms. The van der Waals surface area contributed by atoms with Gasteiger partial charge in [-0.1, -0.05) is 17.7 Å². The molecule has 138 valence electrons. The largest absolute Gasteiger partial charge is 0.369 e. The third-order valence-corrected chi connectivity index (χ3v) is 4.23. The average molecular weight is 366 g/mol. The maximum absolute atomic E-state index is 11.8. The van der Waals surface area contributed by atoms with E-state index < -0.39 is 0 Å². The van der Waals surface area contributed by atoms with Crippen LogP contribution in [0.4, 0.5) is 5.69 Å². The first-order chi connectivity index (χ1) is 11.8. The van der Waals surface area contributed by atoms with Crippen molar-refractivity contribution in [3.8, 4) is 0 Å². The Balaban J connectivity index is 1.97. The molecule has 0 aliphatic carbocycles. The molecule has 0 saturated carbocycles. The summed E-state index contributed by atoms with van der Waals surface area (Å²) in [5.74, 6) is 0.667. The van der Waals surface area contributed by atoms with Crippen LogP contribution in [-0.4, -0.2) is 62.6 Å². The smallest absolute Gasteiger partial charge is 0.243 e. The molecular weight excluding hydrogens is 338 g/mol. The van der Waals surface area contributed by atoms with E-state index in [4.69, 9.17) is 11.6 Å². The van der Waals surface area contributed by atoms with Crippen molar-refractivity contribution in [3.63, 3.8) is 0 Å². The lowest BCUT2D eigenvalue weighted by Gasteiger charge is -2.22. The fourth-order valence-electron chi connectivity index (χ4n) is 2.67. The number of anilines is 1. The molecule has 1 aliphatic heterocycles. The molecule has 1 atom stereocenters. The van der Waals surface area contributed by atoms with Crippen LogP contribution in [0.15, 0.2) is 29.3 Å². The fraction of sp³-hybridized carbons (Fsp3) is 0.556. The van der Waals surface area contributed by atoms with Gasteiger partial charge in [-0.15, -0.1) is 0 Å². The number of guanidine groups is 1. The summed E-state index contributed by atoms with van der Waals surface area (Å²) in [6, 6.07) is 8.44. The SMILES string of the molecule is CC(C)NC(=NCC(=O)N(C)C)NC1CCN(c2cccc(Cl)c2)C1. The summed E-state index contributed by atoms with van der Waals surface area (Å²) in [5.41, 5.74) is 1.13. The summed E-state index contributed by atoms with van der Waals surface area (Å²) in [5, 5.41) is 7.49. The third kappa shape index (κ3) is 6.12. The number of hydrogen-bond donors (Lipinski definition) is 2. The highest BCUT2D eigenvalue weighted by atomic mass is 35.5. The van der Waals surface area contributed by atoms with Gasteiger partial charge >= 0.3 is 0 Å². The zero-order chi connectivity index (χ0) is 18.4. The van der Waals surface area contributed by atoms with Gasteiger partial charge in [0.05, 0.1) is 0 Å². The first-order valence-corrected chi connectivity index (χ1v) is 9.01. The molecule has 2 rings (SSSR count). The maximum Gasteiger partial charge on any atom is 0.243 e. The molecule has 1 amide bonds. The molecule has 1 unspecified atom stereocenters. The summed E-state index contributed by atoms with van der Waals surface area (Å²) in [4.78, 5) is 20.1. The van der Waals surface area contributed by atoms with Crippen LogP contribution in [0.1, 0.15) is 20.3 Å². The van der Waals surface area contributed by atoms with E-state index in [2.05, 4.69) is 40.4 Å². The number of carbonyl (C=O) groups is 1. The molecular formula is C18H28ClN5O. The number of likely N-dealkylation sites (N-methyl/N-ethyl adjacent to an activating group) is 1. The Labute approximate surface area is 155 Å². The highest BCUT2D eigenvalue weighted by Crippen LogP contribution is 2.23. The van der Waals surface area contributed by atoms with Gasteiger partial charge in [-0.05, 0) is 38.5 Å². The minimum atomic E-state index is -0.0168. The van der Waals surface area contributed by atoms with Crippen LogP contribution >= 0.6 is 11.6 Å². The Morgan fingerprint density at radius 2 is 2.20 bits per heavy atom. The number of nitrogens with one attached hydrogen (secondary N) is 2. The molecule has 25 heavy (non-hydrogen) atoms. The van der Waals surface area contributed by atoms with Crippen molar-refractivity contribution in [1.82, 2.24) is 15.5 Å². The van der Waals surface area contributed by atoms with Gasteiger partial charge < -0.3 is 20.4 Å². The molecule has 1 aromatic rings. The summed E-state index contributed by atoms with van der Waals surface area (Å²) in [6.07, 6.45) is 1.01. The second-order valence-electron chi connectivity index (χ2n) is 6.81. The standard InChI is InChI=1S/C18H28ClN5O/c1-13(2)21-18(20-11-17(25)23(3)4)22-15-8-9-24(12-15)16-7-5-6-14(19)10-16/h5-7,10,13,15H,8-9,11-12H2,1-4H3,(H2,20,21,22). The summed E-state index contributed by atoms with van der Waals surface area (Å²) in [6.45, 7) is 6.08. The van der Waals surface area contributed by atoms with Gasteiger partial charge in [0.15, 0.2) is 5.96 Å². The number of nitrogens with zero attached hydrogens (tertiary/aromatic N) is 3. The van der Waals surface area contributed by atoms with Crippen LogP contribution in [0.2, 0.25) is 5.02 Å². The van der Waals surface area contributed by atoms with E-state index in [0.717, 1.165) is 30.2 Å². The molecule has 1 saturated heterocycles. The van der Waals surface area contributed by atoms with Crippen LogP contribution in [0, 0.1) is 0 Å². The van der Waals surface area contributed by atoms with E-state index in [1.165, 1.54) is 0 Å². The second kappa shape index (κ2) is 8.94. The molecule has 1 fully saturated rings. The van der Waals surface area contributed by atoms with Gasteiger partial charge in [-0.3, -0.25) is 4.79 Å². The van der Waals surface area contributed by atoms with Crippen molar-refractivity contribution in [2.75, 3.05) is 38.6 Å². The summed E-state index contributed by atoms with van der Waals surface area (Å²) >= 11 is 6.09. The predicted octanol–water partition coefficient (Wildman–Crippen LogP) is 1.95. The molecule has 1 aromatic carbocycles. The van der Waals surface area contributed by atoms with Crippen molar-refractivity contribution in [3.05, 3.63) is 29.3 Å². The van der Waals surface area contributed by atoms with E-state index in [0.29, 0.717) is 5.96 Å². The molecule has 7 heteroatoms. The lowest BCUT2D eigenvalue weighted by Crippen LogP contribution is -2.47. The van der Waals surface area contributed by atoms with Gasteiger partial charge in [-0.2, -0.15) is 0 Å². The predicted molar refractivity (Wildman–Crippen MR) is 104 cm³/mol. The van der Waals surface area contributed by atoms with E-state index in [9.17, 15) is 4.79 Å². The van der Waals surface area contributed by atoms with Crippen LogP contribution in [0.25, 0.3) is 0 Å². The molecule has 1 aliphatic rings. The Morgan fingerprint density at radius 1 is 1.44 bits per heavy atom. The average Bonchev–Trinajstić information content (AvgIpc) is 3.00. The van der Waals surface area contributed by atoms with Crippen LogP contribution in [0.3, 0.4) is 0 Å². The number of hydrogen-bond acceptors (Lipinski definition) is 3. The van der Waals surface area contributed by atoms with Crippen molar-refractivity contribution < 1.29 is 4.79 Å². The molecule has 1 heterocycles. The molecule has 0 radical (unpaired) electrons. The monoisotopic (exact) mass is 365 g/mol. The van der Waals surface area contributed by atoms with Gasteiger partial charge in [0.25, 0.3) is 0 Å². The Kier molecular flexibility index (Phi) is 6.93. The van der Waals surface area contributed by atoms with Gasteiger partial charge in [0.1, 0.15) is 6.54 Å². The van der Waals surface area contributed by atoms with Crippen LogP contribution < -0.4 is 15.5 Å². The van der Waals surface area contributed by atoms with E-state index in [-0.39, 0.29) is 24.5 Å². The normalized spacial score (nSPS) is 17.8. The Bertz CT molecular complexity index is 617. The number of carbonyl (C=O) groups excluding carboxylic acids is 1. The van der Waals surface area contributed by atoms with Crippen molar-refractivity contribution in [1.29, 1.82) is 0 Å². The maximum atomic E-state index is 11.8. The Morgan fingerprint density at radius 3 is 2.84 bits per heavy atom. The minimum Gasteiger partial charge on any atom is -0.369 e. The summed E-state index contributed by atoms with van der Waals surface area (Å²) in [7, 11) is 3.47. The van der Waals surface area contributed by atoms with Crippen LogP contribution in [0.5, 0.6) is 0 Å². The zero-order valence-corrected chi connectivity index (χ0v) is 16.2. The number of halogens is 1. The van der Waals surface area contributed by atoms with Gasteiger partial charge in [-0.25, -0.2) is 4.99 Å². The topological polar surface area (TPSA) is 60.0 Å². The first kappa shape index (κ1) is 19.4. The van der Waals surface area contributed by atoms with Gasteiger partial charge in [0, 0.05) is 50.0 Å². The van der Waals surface area contributed by atoms with Crippen molar-refractivity contribution in [2.45, 2.75) is 32.4 Å².